The maximum Gasteiger partial charge on any atom is 0.133 e. The summed E-state index contributed by atoms with van der Waals surface area (Å²) in [5, 5.41) is 3.52. The van der Waals surface area contributed by atoms with Gasteiger partial charge in [0.1, 0.15) is 5.75 Å². The normalized spacial score (nSPS) is 12.5. The molecule has 3 rings (SSSR count). The highest BCUT2D eigenvalue weighted by Gasteiger charge is 2.12. The van der Waals surface area contributed by atoms with Crippen LogP contribution in [-0.2, 0) is 6.42 Å². The van der Waals surface area contributed by atoms with Gasteiger partial charge in [-0.05, 0) is 62.4 Å². The summed E-state index contributed by atoms with van der Waals surface area (Å²) in [5.41, 5.74) is 8.80. The number of methoxy groups -OCH3 is 1. The molecule has 0 spiro atoms. The molecule has 0 fully saturated rings. The van der Waals surface area contributed by atoms with Gasteiger partial charge in [-0.2, -0.15) is 0 Å². The number of rotatable bonds is 4. The van der Waals surface area contributed by atoms with Gasteiger partial charge in [0.05, 0.1) is 11.6 Å². The molecular formula is C17H16BrNOS. The topological polar surface area (TPSA) is 35.2 Å². The molecule has 3 aromatic rings. The summed E-state index contributed by atoms with van der Waals surface area (Å²) in [6.07, 6.45) is 0.836. The molecular weight excluding hydrogens is 346 g/mol. The van der Waals surface area contributed by atoms with E-state index in [9.17, 15) is 0 Å². The Morgan fingerprint density at radius 2 is 2.05 bits per heavy atom. The van der Waals surface area contributed by atoms with E-state index in [1.165, 1.54) is 15.6 Å². The quantitative estimate of drug-likeness (QED) is 0.715. The highest BCUT2D eigenvalue weighted by atomic mass is 79.9. The van der Waals surface area contributed by atoms with Crippen LogP contribution in [0, 0.1) is 0 Å². The third kappa shape index (κ3) is 2.98. The van der Waals surface area contributed by atoms with Gasteiger partial charge in [0.25, 0.3) is 0 Å². The zero-order valence-corrected chi connectivity index (χ0v) is 14.1. The van der Waals surface area contributed by atoms with Crippen LogP contribution in [-0.4, -0.2) is 7.11 Å². The molecule has 0 radical (unpaired) electrons. The van der Waals surface area contributed by atoms with Crippen molar-refractivity contribution in [2.24, 2.45) is 5.73 Å². The lowest BCUT2D eigenvalue weighted by Gasteiger charge is -2.13. The van der Waals surface area contributed by atoms with E-state index >= 15 is 0 Å². The molecule has 1 unspecified atom stereocenters. The molecule has 1 aromatic heterocycles. The second-order valence-electron chi connectivity index (χ2n) is 4.96. The average molecular weight is 362 g/mol. The summed E-state index contributed by atoms with van der Waals surface area (Å²) in [4.78, 5) is 0. The minimum atomic E-state index is -0.0230. The van der Waals surface area contributed by atoms with Crippen molar-refractivity contribution >= 4 is 37.4 Å². The fourth-order valence-electron chi connectivity index (χ4n) is 2.46. The van der Waals surface area contributed by atoms with Gasteiger partial charge in [-0.15, -0.1) is 11.3 Å². The molecule has 1 heterocycles. The van der Waals surface area contributed by atoms with Crippen LogP contribution < -0.4 is 10.5 Å². The van der Waals surface area contributed by atoms with E-state index in [2.05, 4.69) is 45.6 Å². The van der Waals surface area contributed by atoms with Crippen LogP contribution in [0.25, 0.3) is 10.1 Å². The Hall–Kier alpha value is -1.36. The molecule has 0 aliphatic rings. The standard InChI is InChI=1S/C17H16BrNOS/c1-20-16-7-6-11(8-14(16)18)15(19)9-12-10-21-17-5-3-2-4-13(12)17/h2-8,10,15H,9,19H2,1H3. The Bertz CT molecular complexity index is 768. The van der Waals surface area contributed by atoms with Gasteiger partial charge in [-0.25, -0.2) is 0 Å². The van der Waals surface area contributed by atoms with E-state index < -0.39 is 0 Å². The first kappa shape index (κ1) is 14.6. The molecule has 2 aromatic carbocycles. The Balaban J connectivity index is 1.86. The van der Waals surface area contributed by atoms with Crippen LogP contribution in [0.2, 0.25) is 0 Å². The molecule has 2 nitrogen and oxygen atoms in total. The first-order valence-corrected chi connectivity index (χ1v) is 8.40. The Labute approximate surface area is 136 Å². The molecule has 0 aliphatic heterocycles. The lowest BCUT2D eigenvalue weighted by molar-refractivity contribution is 0.412. The third-order valence-corrected chi connectivity index (χ3v) is 5.24. The Kier molecular flexibility index (Phi) is 4.29. The zero-order valence-electron chi connectivity index (χ0n) is 11.7. The predicted molar refractivity (Wildman–Crippen MR) is 93.2 cm³/mol. The number of fused-ring (bicyclic) bond motifs is 1. The summed E-state index contributed by atoms with van der Waals surface area (Å²) >= 11 is 5.29. The van der Waals surface area contributed by atoms with Crippen LogP contribution in [0.15, 0.2) is 52.3 Å². The number of benzene rings is 2. The maximum absolute atomic E-state index is 6.38. The molecule has 0 amide bonds. The van der Waals surface area contributed by atoms with Crippen molar-refractivity contribution in [1.29, 1.82) is 0 Å². The van der Waals surface area contributed by atoms with Crippen LogP contribution in [0.5, 0.6) is 5.75 Å². The van der Waals surface area contributed by atoms with Gasteiger partial charge in [-0.1, -0.05) is 24.3 Å². The van der Waals surface area contributed by atoms with Crippen molar-refractivity contribution in [2.75, 3.05) is 7.11 Å². The van der Waals surface area contributed by atoms with Gasteiger partial charge in [0.15, 0.2) is 0 Å². The maximum atomic E-state index is 6.38. The Morgan fingerprint density at radius 3 is 2.81 bits per heavy atom. The van der Waals surface area contributed by atoms with Crippen molar-refractivity contribution in [3.8, 4) is 5.75 Å². The van der Waals surface area contributed by atoms with Crippen molar-refractivity contribution in [3.63, 3.8) is 0 Å². The minimum absolute atomic E-state index is 0.0230. The highest BCUT2D eigenvalue weighted by molar-refractivity contribution is 9.10. The van der Waals surface area contributed by atoms with E-state index in [4.69, 9.17) is 10.5 Å². The summed E-state index contributed by atoms with van der Waals surface area (Å²) in [7, 11) is 1.66. The van der Waals surface area contributed by atoms with E-state index in [1.807, 2.05) is 18.2 Å². The largest absolute Gasteiger partial charge is 0.496 e. The Morgan fingerprint density at radius 1 is 1.24 bits per heavy atom. The summed E-state index contributed by atoms with van der Waals surface area (Å²) in [6, 6.07) is 14.5. The van der Waals surface area contributed by atoms with Crippen molar-refractivity contribution in [1.82, 2.24) is 0 Å². The van der Waals surface area contributed by atoms with E-state index in [-0.39, 0.29) is 6.04 Å². The molecule has 0 aliphatic carbocycles. The average Bonchev–Trinajstić information content (AvgIpc) is 2.90. The van der Waals surface area contributed by atoms with Crippen LogP contribution in [0.4, 0.5) is 0 Å². The van der Waals surface area contributed by atoms with E-state index in [0.29, 0.717) is 0 Å². The zero-order chi connectivity index (χ0) is 14.8. The molecule has 21 heavy (non-hydrogen) atoms. The van der Waals surface area contributed by atoms with Crippen molar-refractivity contribution in [2.45, 2.75) is 12.5 Å². The fraction of sp³-hybridized carbons (Fsp3) is 0.176. The third-order valence-electron chi connectivity index (χ3n) is 3.60. The van der Waals surface area contributed by atoms with Gasteiger partial charge >= 0.3 is 0 Å². The van der Waals surface area contributed by atoms with Crippen LogP contribution >= 0.6 is 27.3 Å². The highest BCUT2D eigenvalue weighted by Crippen LogP contribution is 2.31. The predicted octanol–water partition coefficient (Wildman–Crippen LogP) is 4.91. The summed E-state index contributed by atoms with van der Waals surface area (Å²) < 4.78 is 7.51. The second-order valence-corrected chi connectivity index (χ2v) is 6.73. The number of hydrogen-bond donors (Lipinski definition) is 1. The van der Waals surface area contributed by atoms with Gasteiger partial charge in [0.2, 0.25) is 0 Å². The monoisotopic (exact) mass is 361 g/mol. The van der Waals surface area contributed by atoms with Gasteiger partial charge < -0.3 is 10.5 Å². The van der Waals surface area contributed by atoms with Gasteiger partial charge in [0, 0.05) is 10.7 Å². The summed E-state index contributed by atoms with van der Waals surface area (Å²) in [6.45, 7) is 0. The molecule has 0 saturated carbocycles. The lowest BCUT2D eigenvalue weighted by atomic mass is 9.99. The first-order valence-electron chi connectivity index (χ1n) is 6.73. The number of halogens is 1. The smallest absolute Gasteiger partial charge is 0.133 e. The van der Waals surface area contributed by atoms with Crippen LogP contribution in [0.3, 0.4) is 0 Å². The lowest BCUT2D eigenvalue weighted by Crippen LogP contribution is -2.13. The van der Waals surface area contributed by atoms with E-state index in [0.717, 1.165) is 22.2 Å². The number of hydrogen-bond acceptors (Lipinski definition) is 3. The molecule has 0 saturated heterocycles. The molecule has 2 N–H and O–H groups in total. The second kappa shape index (κ2) is 6.18. The molecule has 108 valence electrons. The molecule has 4 heteroatoms. The first-order chi connectivity index (χ1) is 10.2. The van der Waals surface area contributed by atoms with Crippen molar-refractivity contribution < 1.29 is 4.74 Å². The summed E-state index contributed by atoms with van der Waals surface area (Å²) in [5.74, 6) is 0.826. The number of ether oxygens (including phenoxy) is 1. The fourth-order valence-corrected chi connectivity index (χ4v) is 3.99. The molecule has 1 atom stereocenters. The molecule has 0 bridgehead atoms. The van der Waals surface area contributed by atoms with E-state index in [1.54, 1.807) is 18.4 Å². The number of thiophene rings is 1. The minimum Gasteiger partial charge on any atom is -0.496 e. The van der Waals surface area contributed by atoms with Crippen LogP contribution in [0.1, 0.15) is 17.2 Å². The number of nitrogens with two attached hydrogens (primary N) is 1. The van der Waals surface area contributed by atoms with Crippen molar-refractivity contribution in [3.05, 3.63) is 63.4 Å². The van der Waals surface area contributed by atoms with Gasteiger partial charge in [-0.3, -0.25) is 0 Å². The SMILES string of the molecule is COc1ccc(C(N)Cc2csc3ccccc23)cc1Br.